The fourth-order valence-electron chi connectivity index (χ4n) is 5.83. The highest BCUT2D eigenvalue weighted by molar-refractivity contribution is 7.91. The number of hydrogen-bond donors (Lipinski definition) is 2. The Labute approximate surface area is 254 Å². The van der Waals surface area contributed by atoms with Gasteiger partial charge < -0.3 is 21.3 Å². The fourth-order valence-corrected chi connectivity index (χ4v) is 7.58. The smallest absolute Gasteiger partial charge is 0.256 e. The summed E-state index contributed by atoms with van der Waals surface area (Å²) in [5.74, 6) is -1.68. The maximum Gasteiger partial charge on any atom is 0.256 e. The highest BCUT2D eigenvalue weighted by atomic mass is 35.5. The number of halogens is 3. The molecule has 5 rings (SSSR count). The van der Waals surface area contributed by atoms with Crippen molar-refractivity contribution >= 4 is 56.3 Å². The average Bonchev–Trinajstić information content (AvgIpc) is 3.75. The van der Waals surface area contributed by atoms with Crippen molar-refractivity contribution in [3.8, 4) is 0 Å². The number of rotatable bonds is 6. The number of aliphatic imine (C=N–C) groups is 1. The van der Waals surface area contributed by atoms with Crippen LogP contribution >= 0.6 is 23.2 Å². The average molecular weight is 637 g/mol. The highest BCUT2D eigenvalue weighted by Gasteiger charge is 2.50. The van der Waals surface area contributed by atoms with E-state index in [0.29, 0.717) is 41.3 Å². The van der Waals surface area contributed by atoms with Crippen LogP contribution in [-0.2, 0) is 20.0 Å². The Morgan fingerprint density at radius 2 is 1.74 bits per heavy atom. The molecule has 0 spiro atoms. The van der Waals surface area contributed by atoms with Crippen molar-refractivity contribution in [1.29, 1.82) is 0 Å². The number of benzene rings is 2. The molecule has 3 aliphatic rings. The minimum absolute atomic E-state index is 0.0201. The van der Waals surface area contributed by atoms with Gasteiger partial charge in [-0.05, 0) is 62.1 Å². The Morgan fingerprint density at radius 3 is 2.33 bits per heavy atom. The monoisotopic (exact) mass is 635 g/mol. The van der Waals surface area contributed by atoms with Gasteiger partial charge in [-0.3, -0.25) is 14.6 Å². The van der Waals surface area contributed by atoms with Crippen molar-refractivity contribution in [3.63, 3.8) is 0 Å². The lowest BCUT2D eigenvalue weighted by Gasteiger charge is -2.36. The van der Waals surface area contributed by atoms with E-state index in [1.807, 2.05) is 6.07 Å². The molecule has 224 valence electrons. The van der Waals surface area contributed by atoms with Gasteiger partial charge >= 0.3 is 0 Å². The first kappa shape index (κ1) is 30.3. The fraction of sp³-hybridized carbons (Fsp3) is 0.414. The van der Waals surface area contributed by atoms with Gasteiger partial charge in [-0.2, -0.15) is 0 Å². The number of carbonyl (C=O) groups excluding carboxylic acids is 2. The summed E-state index contributed by atoms with van der Waals surface area (Å²) in [7, 11) is -1.52. The van der Waals surface area contributed by atoms with Crippen LogP contribution < -0.4 is 16.4 Å². The van der Waals surface area contributed by atoms with Gasteiger partial charge in [-0.15, -0.1) is 0 Å². The van der Waals surface area contributed by atoms with Crippen LogP contribution in [0.2, 0.25) is 10.0 Å². The molecule has 2 amide bonds. The number of anilines is 1. The van der Waals surface area contributed by atoms with Crippen LogP contribution in [0.25, 0.3) is 0 Å². The van der Waals surface area contributed by atoms with Gasteiger partial charge in [-0.1, -0.05) is 23.2 Å². The minimum atomic E-state index is -3.16. The van der Waals surface area contributed by atoms with E-state index >= 15 is 0 Å². The molecule has 2 heterocycles. The molecule has 0 bridgehead atoms. The molecule has 2 aromatic carbocycles. The molecule has 13 heteroatoms. The molecule has 2 aliphatic heterocycles. The van der Waals surface area contributed by atoms with Crippen LogP contribution in [0.15, 0.2) is 46.6 Å². The van der Waals surface area contributed by atoms with E-state index in [-0.39, 0.29) is 47.4 Å². The Hall–Kier alpha value is -3.15. The first-order valence-corrected chi connectivity index (χ1v) is 16.2. The summed E-state index contributed by atoms with van der Waals surface area (Å²) >= 11 is 13.1. The number of carbonyl (C=O) groups is 2. The van der Waals surface area contributed by atoms with Crippen molar-refractivity contribution < 1.29 is 22.4 Å². The van der Waals surface area contributed by atoms with E-state index in [2.05, 4.69) is 4.99 Å². The first-order valence-electron chi connectivity index (χ1n) is 13.6. The number of primary amides is 1. The summed E-state index contributed by atoms with van der Waals surface area (Å²) in [5, 5.41) is 0.505. The molecular formula is C29H32Cl2FN5O4S. The van der Waals surface area contributed by atoms with Gasteiger partial charge in [-0.25, -0.2) is 12.8 Å². The summed E-state index contributed by atoms with van der Waals surface area (Å²) in [5.41, 5.74) is 15.0. The largest absolute Gasteiger partial charge is 0.400 e. The second kappa shape index (κ2) is 11.2. The Morgan fingerprint density at radius 1 is 1.07 bits per heavy atom. The first-order chi connectivity index (χ1) is 19.8. The van der Waals surface area contributed by atoms with E-state index in [0.717, 1.165) is 17.2 Å². The van der Waals surface area contributed by atoms with E-state index in [1.165, 1.54) is 11.0 Å². The maximum absolute atomic E-state index is 14.8. The van der Waals surface area contributed by atoms with Gasteiger partial charge in [0.25, 0.3) is 5.91 Å². The quantitative estimate of drug-likeness (QED) is 0.466. The molecule has 9 nitrogen and oxygen atoms in total. The van der Waals surface area contributed by atoms with Crippen LogP contribution in [0.4, 0.5) is 10.1 Å². The Kier molecular flexibility index (Phi) is 8.06. The van der Waals surface area contributed by atoms with Gasteiger partial charge in [0.1, 0.15) is 5.82 Å². The molecular weight excluding hydrogens is 604 g/mol. The Bertz CT molecular complexity index is 1640. The zero-order chi connectivity index (χ0) is 30.6. The van der Waals surface area contributed by atoms with Crippen molar-refractivity contribution in [1.82, 2.24) is 4.90 Å². The number of hydrogen-bond acceptors (Lipinski definition) is 7. The molecule has 1 aliphatic carbocycles. The predicted octanol–water partition coefficient (Wildman–Crippen LogP) is 3.45. The van der Waals surface area contributed by atoms with Crippen LogP contribution in [-0.4, -0.2) is 75.1 Å². The number of sulfone groups is 1. The number of amides is 2. The summed E-state index contributed by atoms with van der Waals surface area (Å²) in [6.45, 7) is 2.35. The van der Waals surface area contributed by atoms with Gasteiger partial charge in [0.15, 0.2) is 9.84 Å². The Balaban J connectivity index is 1.43. The van der Waals surface area contributed by atoms with Gasteiger partial charge in [0.05, 0.1) is 44.9 Å². The molecule has 0 radical (unpaired) electrons. The number of nitrogens with two attached hydrogens (primary N) is 2. The zero-order valence-electron chi connectivity index (χ0n) is 23.3. The van der Waals surface area contributed by atoms with Crippen molar-refractivity contribution in [3.05, 3.63) is 74.2 Å². The molecule has 1 atom stereocenters. The molecule has 2 aromatic rings. The second-order valence-corrected chi connectivity index (χ2v) is 14.1. The van der Waals surface area contributed by atoms with E-state index in [9.17, 15) is 22.4 Å². The molecule has 4 N–H and O–H groups in total. The molecule has 1 saturated carbocycles. The van der Waals surface area contributed by atoms with Crippen LogP contribution in [0.1, 0.15) is 47.7 Å². The zero-order valence-corrected chi connectivity index (χ0v) is 25.6. The lowest BCUT2D eigenvalue weighted by atomic mass is 9.88. The highest BCUT2D eigenvalue weighted by Crippen LogP contribution is 2.49. The molecule has 0 aromatic heterocycles. The second-order valence-electron chi connectivity index (χ2n) is 11.0. The third-order valence-corrected chi connectivity index (χ3v) is 10.7. The minimum Gasteiger partial charge on any atom is -0.400 e. The predicted molar refractivity (Wildman–Crippen MR) is 163 cm³/mol. The van der Waals surface area contributed by atoms with Gasteiger partial charge in [0, 0.05) is 48.5 Å². The standard InChI is InChI=1S/C29H32Cl2FN5O4S/c1-16-25(33)21(26(35-2)17-11-18(13-19(30)12-17)29(4-5-29)28(34)39)3-6-37(16)27(38)22-14-20(32)15-23(24(22)31)36-7-9-42(40,41)10-8-36/h11-16H,3-10,33H2,1-2H3,(H2,34,39)/t16-/m1/s1. The lowest BCUT2D eigenvalue weighted by Crippen LogP contribution is -2.46. The van der Waals surface area contributed by atoms with Crippen LogP contribution in [0, 0.1) is 5.82 Å². The van der Waals surface area contributed by atoms with Crippen LogP contribution in [0.3, 0.4) is 0 Å². The van der Waals surface area contributed by atoms with Crippen molar-refractivity contribution in [2.45, 2.75) is 37.6 Å². The maximum atomic E-state index is 14.8. The van der Waals surface area contributed by atoms with Crippen molar-refractivity contribution in [2.24, 2.45) is 16.5 Å². The third-order valence-electron chi connectivity index (χ3n) is 8.52. The normalized spacial score (nSPS) is 21.8. The summed E-state index contributed by atoms with van der Waals surface area (Å²) in [6.07, 6.45) is 1.67. The third kappa shape index (κ3) is 5.49. The number of nitrogens with zero attached hydrogens (tertiary/aromatic N) is 3. The van der Waals surface area contributed by atoms with E-state index in [1.54, 1.807) is 31.0 Å². The van der Waals surface area contributed by atoms with Crippen molar-refractivity contribution in [2.75, 3.05) is 43.1 Å². The van der Waals surface area contributed by atoms with Crippen LogP contribution in [0.5, 0.6) is 0 Å². The van der Waals surface area contributed by atoms with E-state index in [4.69, 9.17) is 34.7 Å². The van der Waals surface area contributed by atoms with Gasteiger partial charge in [0.2, 0.25) is 5.91 Å². The SMILES string of the molecule is CN=C(C1=C(N)[C@@H](C)N(C(=O)c2cc(F)cc(N3CCS(=O)(=O)CC3)c2Cl)CC1)c1cc(Cl)cc(C2(C(N)=O)CC2)c1. The summed E-state index contributed by atoms with van der Waals surface area (Å²) in [4.78, 5) is 33.6. The summed E-state index contributed by atoms with van der Waals surface area (Å²) < 4.78 is 38.5. The molecule has 2 fully saturated rings. The topological polar surface area (TPSA) is 139 Å². The van der Waals surface area contributed by atoms with E-state index < -0.39 is 38.9 Å². The summed E-state index contributed by atoms with van der Waals surface area (Å²) in [6, 6.07) is 7.12. The molecule has 1 saturated heterocycles. The molecule has 0 unspecified atom stereocenters. The lowest BCUT2D eigenvalue weighted by molar-refractivity contribution is -0.120. The molecule has 42 heavy (non-hydrogen) atoms.